The van der Waals surface area contributed by atoms with Crippen molar-refractivity contribution in [3.05, 3.63) is 11.6 Å². The van der Waals surface area contributed by atoms with Crippen molar-refractivity contribution >= 4 is 29.7 Å². The van der Waals surface area contributed by atoms with Crippen LogP contribution in [0.4, 0.5) is 9.59 Å². The highest BCUT2D eigenvalue weighted by Crippen LogP contribution is 2.67. The van der Waals surface area contributed by atoms with E-state index < -0.39 is 35.7 Å². The highest BCUT2D eigenvalue weighted by Gasteiger charge is 2.71. The summed E-state index contributed by atoms with van der Waals surface area (Å²) < 4.78 is 20.6. The maximum absolute atomic E-state index is 13.9. The summed E-state index contributed by atoms with van der Waals surface area (Å²) in [5.74, 6) is -0.739. The van der Waals surface area contributed by atoms with Gasteiger partial charge in [-0.25, -0.2) is 9.59 Å². The molecule has 0 heterocycles. The minimum Gasteiger partial charge on any atom is -0.438 e. The highest BCUT2D eigenvalue weighted by molar-refractivity contribution is 5.95. The molecule has 0 aromatic rings. The van der Waals surface area contributed by atoms with Gasteiger partial charge in [0.25, 0.3) is 0 Å². The number of hydrogen-bond donors (Lipinski definition) is 0. The van der Waals surface area contributed by atoms with Gasteiger partial charge in [0.05, 0.1) is 13.7 Å². The number of ketones is 3. The Morgan fingerprint density at radius 3 is 2.49 bits per heavy atom. The molecule has 4 aliphatic carbocycles. The summed E-state index contributed by atoms with van der Waals surface area (Å²) in [6, 6.07) is 0. The molecule has 4 aliphatic rings. The second-order valence-electron chi connectivity index (χ2n) is 11.5. The van der Waals surface area contributed by atoms with E-state index in [1.54, 1.807) is 6.08 Å². The van der Waals surface area contributed by atoms with Crippen LogP contribution >= 0.6 is 0 Å². The number of ether oxygens (including phenoxy) is 4. The fourth-order valence-corrected chi connectivity index (χ4v) is 7.82. The van der Waals surface area contributed by atoms with E-state index >= 15 is 0 Å². The van der Waals surface area contributed by atoms with Crippen LogP contribution in [0.5, 0.6) is 0 Å². The molecule has 0 amide bonds. The molecule has 9 heteroatoms. The van der Waals surface area contributed by atoms with Crippen molar-refractivity contribution in [1.29, 1.82) is 0 Å². The molecule has 0 aromatic carbocycles. The molecule has 0 aliphatic heterocycles. The Labute approximate surface area is 217 Å². The van der Waals surface area contributed by atoms with Gasteiger partial charge in [0.1, 0.15) is 5.78 Å². The lowest BCUT2D eigenvalue weighted by Crippen LogP contribution is -2.62. The normalized spacial score (nSPS) is 36.4. The van der Waals surface area contributed by atoms with Crippen LogP contribution < -0.4 is 0 Å². The molecule has 3 saturated carbocycles. The van der Waals surface area contributed by atoms with Crippen LogP contribution in [0.1, 0.15) is 78.6 Å². The van der Waals surface area contributed by atoms with Crippen LogP contribution in [-0.4, -0.2) is 55.6 Å². The van der Waals surface area contributed by atoms with Crippen LogP contribution in [-0.2, 0) is 33.3 Å². The lowest BCUT2D eigenvalue weighted by molar-refractivity contribution is -0.174. The van der Waals surface area contributed by atoms with Gasteiger partial charge in [-0.05, 0) is 61.9 Å². The minimum absolute atomic E-state index is 0.00236. The molecular formula is C28H38O9. The van der Waals surface area contributed by atoms with E-state index in [2.05, 4.69) is 6.92 Å². The van der Waals surface area contributed by atoms with Gasteiger partial charge in [-0.3, -0.25) is 14.4 Å². The first kappa shape index (κ1) is 27.3. The fourth-order valence-electron chi connectivity index (χ4n) is 7.82. The standard InChI is InChI=1S/C28H38O9/c1-5-6-13-35-25(33)36-16-22(31)28(37-24(32)34-4)12-10-20-19-8-7-17-14-18(29)9-11-26(17,2)23(19)21(30)15-27(20,28)3/h14,19-20,23H,5-13,15-16H2,1-4H3/t19-,20-,23+,26-,27-,28-/m0/s1. The molecule has 0 saturated heterocycles. The molecule has 37 heavy (non-hydrogen) atoms. The third-order valence-corrected chi connectivity index (χ3v) is 9.69. The predicted molar refractivity (Wildman–Crippen MR) is 131 cm³/mol. The highest BCUT2D eigenvalue weighted by atomic mass is 16.7. The van der Waals surface area contributed by atoms with Gasteiger partial charge in [0, 0.05) is 24.2 Å². The Balaban J connectivity index is 1.62. The number of carbonyl (C=O) groups is 5. The summed E-state index contributed by atoms with van der Waals surface area (Å²) in [5.41, 5.74) is -1.95. The van der Waals surface area contributed by atoms with Gasteiger partial charge in [-0.15, -0.1) is 0 Å². The monoisotopic (exact) mass is 518 g/mol. The van der Waals surface area contributed by atoms with Gasteiger partial charge < -0.3 is 18.9 Å². The van der Waals surface area contributed by atoms with Crippen LogP contribution in [0.25, 0.3) is 0 Å². The van der Waals surface area contributed by atoms with Crippen LogP contribution in [0.3, 0.4) is 0 Å². The van der Waals surface area contributed by atoms with E-state index in [4.69, 9.17) is 18.9 Å². The smallest absolute Gasteiger partial charge is 0.438 e. The Hall–Kier alpha value is -2.71. The summed E-state index contributed by atoms with van der Waals surface area (Å²) in [5, 5.41) is 0. The molecule has 0 bridgehead atoms. The summed E-state index contributed by atoms with van der Waals surface area (Å²) in [4.78, 5) is 64.1. The molecule has 9 nitrogen and oxygen atoms in total. The van der Waals surface area contributed by atoms with Crippen molar-refractivity contribution in [2.24, 2.45) is 28.6 Å². The Kier molecular flexibility index (Phi) is 7.55. The lowest BCUT2D eigenvalue weighted by Gasteiger charge is -2.57. The van der Waals surface area contributed by atoms with Gasteiger partial charge in [0.2, 0.25) is 5.78 Å². The molecule has 6 atom stereocenters. The number of fused-ring (bicyclic) bond motifs is 5. The third-order valence-electron chi connectivity index (χ3n) is 9.69. The number of unbranched alkanes of at least 4 members (excludes halogenated alkanes) is 1. The Morgan fingerprint density at radius 2 is 1.78 bits per heavy atom. The molecule has 0 spiro atoms. The zero-order valence-corrected chi connectivity index (χ0v) is 22.3. The van der Waals surface area contributed by atoms with Crippen LogP contribution in [0.15, 0.2) is 11.6 Å². The number of hydrogen-bond acceptors (Lipinski definition) is 9. The quantitative estimate of drug-likeness (QED) is 0.347. The van der Waals surface area contributed by atoms with Crippen LogP contribution in [0.2, 0.25) is 0 Å². The molecule has 0 unspecified atom stereocenters. The summed E-state index contributed by atoms with van der Waals surface area (Å²) in [6.45, 7) is 5.46. The molecule has 204 valence electrons. The van der Waals surface area contributed by atoms with Crippen molar-refractivity contribution < 1.29 is 42.9 Å². The van der Waals surface area contributed by atoms with E-state index in [1.165, 1.54) is 7.11 Å². The Bertz CT molecular complexity index is 1020. The van der Waals surface area contributed by atoms with E-state index in [9.17, 15) is 24.0 Å². The molecule has 0 radical (unpaired) electrons. The first-order valence-electron chi connectivity index (χ1n) is 13.4. The van der Waals surface area contributed by atoms with Gasteiger partial charge >= 0.3 is 12.3 Å². The number of Topliss-reactive ketones (excluding diaryl/α,β-unsaturated/α-hetero) is 2. The number of carbonyl (C=O) groups excluding carboxylic acids is 5. The van der Waals surface area contributed by atoms with E-state index in [0.29, 0.717) is 25.7 Å². The van der Waals surface area contributed by atoms with Crippen LogP contribution in [0, 0.1) is 28.6 Å². The lowest BCUT2D eigenvalue weighted by atomic mass is 9.46. The zero-order valence-electron chi connectivity index (χ0n) is 22.3. The average molecular weight is 519 g/mol. The average Bonchev–Trinajstić information content (AvgIpc) is 3.15. The van der Waals surface area contributed by atoms with E-state index in [1.807, 2.05) is 13.8 Å². The summed E-state index contributed by atoms with van der Waals surface area (Å²) in [6.07, 6.45) is 4.67. The molecule has 0 aromatic heterocycles. The molecule has 3 fully saturated rings. The Morgan fingerprint density at radius 1 is 1.03 bits per heavy atom. The fraction of sp³-hybridized carbons (Fsp3) is 0.750. The first-order valence-corrected chi connectivity index (χ1v) is 13.4. The summed E-state index contributed by atoms with van der Waals surface area (Å²) in [7, 11) is 1.17. The second kappa shape index (κ2) is 10.2. The van der Waals surface area contributed by atoms with E-state index in [-0.39, 0.29) is 54.2 Å². The van der Waals surface area contributed by atoms with Gasteiger partial charge in [-0.1, -0.05) is 32.8 Å². The largest absolute Gasteiger partial charge is 0.509 e. The van der Waals surface area contributed by atoms with Gasteiger partial charge in [0.15, 0.2) is 18.0 Å². The first-order chi connectivity index (χ1) is 17.5. The summed E-state index contributed by atoms with van der Waals surface area (Å²) >= 11 is 0. The van der Waals surface area contributed by atoms with Crippen molar-refractivity contribution in [2.45, 2.75) is 84.2 Å². The van der Waals surface area contributed by atoms with Crippen molar-refractivity contribution in [3.63, 3.8) is 0 Å². The van der Waals surface area contributed by atoms with Crippen molar-refractivity contribution in [3.8, 4) is 0 Å². The topological polar surface area (TPSA) is 122 Å². The molecular weight excluding hydrogens is 480 g/mol. The van der Waals surface area contributed by atoms with Gasteiger partial charge in [-0.2, -0.15) is 0 Å². The minimum atomic E-state index is -1.66. The van der Waals surface area contributed by atoms with Crippen molar-refractivity contribution in [2.75, 3.05) is 20.3 Å². The number of methoxy groups -OCH3 is 1. The maximum atomic E-state index is 13.9. The second-order valence-corrected chi connectivity index (χ2v) is 11.5. The number of rotatable bonds is 7. The van der Waals surface area contributed by atoms with Crippen molar-refractivity contribution in [1.82, 2.24) is 0 Å². The maximum Gasteiger partial charge on any atom is 0.509 e. The number of allylic oxidation sites excluding steroid dienone is 1. The SMILES string of the molecule is CCCCOC(=O)OCC(=O)[C@@]1(OC(=O)OC)CC[C@H]2[C@@H]3CCC4=CC(=O)CC[C@]4(C)[C@H]3C(=O)C[C@@]21C. The van der Waals surface area contributed by atoms with E-state index in [0.717, 1.165) is 24.8 Å². The predicted octanol–water partition coefficient (Wildman–Crippen LogP) is 4.74. The third kappa shape index (κ3) is 4.48. The molecule has 0 N–H and O–H groups in total. The zero-order chi connectivity index (χ0) is 27.0. The molecule has 4 rings (SSSR count).